The van der Waals surface area contributed by atoms with Crippen molar-refractivity contribution in [3.05, 3.63) is 120 Å². The van der Waals surface area contributed by atoms with Crippen LogP contribution in [0.25, 0.3) is 0 Å². The lowest BCUT2D eigenvalue weighted by molar-refractivity contribution is -0.126. The van der Waals surface area contributed by atoms with Crippen LogP contribution in [0.15, 0.2) is 108 Å². The van der Waals surface area contributed by atoms with E-state index in [1.54, 1.807) is 30.2 Å². The van der Waals surface area contributed by atoms with E-state index in [-0.39, 0.29) is 12.5 Å². The van der Waals surface area contributed by atoms with Crippen molar-refractivity contribution in [3.63, 3.8) is 0 Å². The first kappa shape index (κ1) is 32.7. The van der Waals surface area contributed by atoms with Crippen LogP contribution in [0.4, 0.5) is 21.9 Å². The molecule has 1 aromatic heterocycles. The molecule has 2 fully saturated rings. The van der Waals surface area contributed by atoms with Crippen LogP contribution in [0.5, 0.6) is 0 Å². The van der Waals surface area contributed by atoms with Crippen LogP contribution < -0.4 is 15.5 Å². The summed E-state index contributed by atoms with van der Waals surface area (Å²) in [6, 6.07) is 29.2. The minimum absolute atomic E-state index is 0.0991. The van der Waals surface area contributed by atoms with E-state index in [1.807, 2.05) is 84.9 Å². The number of hydrogen-bond acceptors (Lipinski definition) is 9. The average Bonchev–Trinajstić information content (AvgIpc) is 3.42. The van der Waals surface area contributed by atoms with E-state index >= 15 is 0 Å². The van der Waals surface area contributed by atoms with Crippen LogP contribution >= 0.6 is 11.8 Å². The lowest BCUT2D eigenvalue weighted by atomic mass is 10.1. The zero-order valence-corrected chi connectivity index (χ0v) is 27.3. The number of benzene rings is 3. The summed E-state index contributed by atoms with van der Waals surface area (Å²) in [7, 11) is 0. The largest absolute Gasteiger partial charge is 0.445 e. The molecule has 0 saturated carbocycles. The minimum atomic E-state index is -0.832. The number of nitrogens with one attached hydrogen (secondary N) is 2. The van der Waals surface area contributed by atoms with Crippen LogP contribution in [-0.2, 0) is 32.2 Å². The first-order valence-electron chi connectivity index (χ1n) is 15.7. The quantitative estimate of drug-likeness (QED) is 0.222. The lowest BCUT2D eigenvalue weighted by Crippen LogP contribution is -2.41. The molecule has 2 aliphatic heterocycles. The highest BCUT2D eigenvalue weighted by Crippen LogP contribution is 2.41. The number of rotatable bonds is 10. The molecule has 0 bridgehead atoms. The van der Waals surface area contributed by atoms with Crippen LogP contribution in [0, 0.1) is 0 Å². The molecule has 3 aromatic carbocycles. The third-order valence-corrected chi connectivity index (χ3v) is 9.09. The Hall–Kier alpha value is -5.20. The maximum atomic E-state index is 13.8. The Morgan fingerprint density at radius 2 is 1.71 bits per heavy atom. The van der Waals surface area contributed by atoms with Gasteiger partial charge < -0.3 is 25.0 Å². The van der Waals surface area contributed by atoms with E-state index in [0.717, 1.165) is 41.3 Å². The van der Waals surface area contributed by atoms with Gasteiger partial charge in [-0.25, -0.2) is 9.79 Å². The molecule has 3 amide bonds. The number of aliphatic imine (C=N–C) groups is 1. The normalized spacial score (nSPS) is 17.6. The third kappa shape index (κ3) is 8.38. The van der Waals surface area contributed by atoms with Gasteiger partial charge >= 0.3 is 6.09 Å². The molecule has 48 heavy (non-hydrogen) atoms. The molecule has 246 valence electrons. The van der Waals surface area contributed by atoms with Gasteiger partial charge in [-0.15, -0.1) is 0 Å². The van der Waals surface area contributed by atoms with E-state index in [4.69, 9.17) is 14.5 Å². The molecule has 2 atom stereocenters. The molecule has 1 unspecified atom stereocenters. The Kier molecular flexibility index (Phi) is 10.6. The van der Waals surface area contributed by atoms with Crippen LogP contribution in [0.3, 0.4) is 0 Å². The second kappa shape index (κ2) is 15.6. The molecule has 0 radical (unpaired) electrons. The van der Waals surface area contributed by atoms with E-state index in [9.17, 15) is 14.4 Å². The van der Waals surface area contributed by atoms with Crippen molar-refractivity contribution in [1.29, 1.82) is 0 Å². The van der Waals surface area contributed by atoms with Crippen molar-refractivity contribution in [2.45, 2.75) is 31.4 Å². The zero-order chi connectivity index (χ0) is 33.3. The summed E-state index contributed by atoms with van der Waals surface area (Å²) in [6.45, 7) is 5.09. The SMILES string of the molecule is C[C@H](NC(=O)OCc1ccccc1)C(=O)Nc1ccc(C2SC(=Nc3ccc(N4CCOCC4)cc3)N(Cc3ccccn3)C2=O)cc1. The molecular formula is C36H36N6O5S. The number of carbonyl (C=O) groups is 3. The maximum Gasteiger partial charge on any atom is 0.408 e. The van der Waals surface area contributed by atoms with Crippen LogP contribution in [0.2, 0.25) is 0 Å². The van der Waals surface area contributed by atoms with Gasteiger partial charge in [0.1, 0.15) is 17.9 Å². The van der Waals surface area contributed by atoms with E-state index < -0.39 is 23.3 Å². The second-order valence-electron chi connectivity index (χ2n) is 11.3. The van der Waals surface area contributed by atoms with Crippen molar-refractivity contribution in [2.75, 3.05) is 36.5 Å². The zero-order valence-electron chi connectivity index (χ0n) is 26.5. The van der Waals surface area contributed by atoms with Crippen molar-refractivity contribution in [3.8, 4) is 0 Å². The van der Waals surface area contributed by atoms with Gasteiger partial charge in [-0.1, -0.05) is 60.3 Å². The smallest absolute Gasteiger partial charge is 0.408 e. The van der Waals surface area contributed by atoms with Gasteiger partial charge in [0.25, 0.3) is 0 Å². The summed E-state index contributed by atoms with van der Waals surface area (Å²) in [5.41, 5.74) is 4.77. The van der Waals surface area contributed by atoms with Gasteiger partial charge in [0.05, 0.1) is 31.1 Å². The predicted molar refractivity (Wildman–Crippen MR) is 186 cm³/mol. The number of anilines is 2. The van der Waals surface area contributed by atoms with Crippen LogP contribution in [-0.4, -0.2) is 65.3 Å². The van der Waals surface area contributed by atoms with E-state index in [0.29, 0.717) is 30.6 Å². The number of amides is 3. The number of pyridine rings is 1. The summed E-state index contributed by atoms with van der Waals surface area (Å²) in [6.07, 6.45) is 1.02. The van der Waals surface area contributed by atoms with Gasteiger partial charge in [0.15, 0.2) is 5.17 Å². The minimum Gasteiger partial charge on any atom is -0.445 e. The van der Waals surface area contributed by atoms with Crippen molar-refractivity contribution in [1.82, 2.24) is 15.2 Å². The molecular weight excluding hydrogens is 628 g/mol. The van der Waals surface area contributed by atoms with Gasteiger partial charge in [-0.05, 0) is 66.6 Å². The Bertz CT molecular complexity index is 1730. The highest BCUT2D eigenvalue weighted by molar-refractivity contribution is 8.15. The van der Waals surface area contributed by atoms with Gasteiger partial charge in [-0.2, -0.15) is 0 Å². The number of carbonyl (C=O) groups excluding carboxylic acids is 3. The number of amidine groups is 1. The molecule has 0 spiro atoms. The highest BCUT2D eigenvalue weighted by atomic mass is 32.2. The first-order valence-corrected chi connectivity index (χ1v) is 16.6. The Morgan fingerprint density at radius 3 is 2.42 bits per heavy atom. The molecule has 2 aliphatic rings. The van der Waals surface area contributed by atoms with Gasteiger partial charge in [0, 0.05) is 30.7 Å². The molecule has 2 N–H and O–H groups in total. The molecule has 0 aliphatic carbocycles. The fourth-order valence-corrected chi connectivity index (χ4v) is 6.39. The summed E-state index contributed by atoms with van der Waals surface area (Å²) < 4.78 is 10.7. The molecule has 11 nitrogen and oxygen atoms in total. The monoisotopic (exact) mass is 664 g/mol. The summed E-state index contributed by atoms with van der Waals surface area (Å²) >= 11 is 1.38. The number of ether oxygens (including phenoxy) is 2. The van der Waals surface area contributed by atoms with Crippen molar-refractivity contribution in [2.24, 2.45) is 4.99 Å². The Balaban J connectivity index is 1.11. The molecule has 2 saturated heterocycles. The number of hydrogen-bond donors (Lipinski definition) is 2. The van der Waals surface area contributed by atoms with Gasteiger partial charge in [0.2, 0.25) is 11.8 Å². The number of alkyl carbamates (subject to hydrolysis) is 1. The Labute approximate surface area is 283 Å². The fraction of sp³-hybridized carbons (Fsp3) is 0.250. The molecule has 4 aromatic rings. The number of morpholine rings is 1. The molecule has 6 rings (SSSR count). The molecule has 3 heterocycles. The molecule has 12 heteroatoms. The average molecular weight is 665 g/mol. The first-order chi connectivity index (χ1) is 23.4. The topological polar surface area (TPSA) is 125 Å². The summed E-state index contributed by atoms with van der Waals surface area (Å²) in [4.78, 5) is 52.1. The predicted octanol–water partition coefficient (Wildman–Crippen LogP) is 5.68. The van der Waals surface area contributed by atoms with E-state index in [1.165, 1.54) is 11.8 Å². The number of aromatic nitrogens is 1. The third-order valence-electron chi connectivity index (χ3n) is 7.86. The fourth-order valence-electron chi connectivity index (χ4n) is 5.22. The summed E-state index contributed by atoms with van der Waals surface area (Å²) in [5, 5.41) is 5.42. The van der Waals surface area contributed by atoms with Crippen LogP contribution in [0.1, 0.15) is 29.0 Å². The highest BCUT2D eigenvalue weighted by Gasteiger charge is 2.39. The maximum absolute atomic E-state index is 13.8. The summed E-state index contributed by atoms with van der Waals surface area (Å²) in [5.74, 6) is -0.501. The van der Waals surface area contributed by atoms with Crippen molar-refractivity contribution >= 4 is 51.9 Å². The Morgan fingerprint density at radius 1 is 0.979 bits per heavy atom. The number of nitrogens with zero attached hydrogens (tertiary/aromatic N) is 4. The number of thioether (sulfide) groups is 1. The van der Waals surface area contributed by atoms with Gasteiger partial charge in [-0.3, -0.25) is 19.5 Å². The van der Waals surface area contributed by atoms with E-state index in [2.05, 4.69) is 20.5 Å². The second-order valence-corrected chi connectivity index (χ2v) is 12.4. The van der Waals surface area contributed by atoms with Crippen molar-refractivity contribution < 1.29 is 23.9 Å². The lowest BCUT2D eigenvalue weighted by Gasteiger charge is -2.28. The standard InChI is InChI=1S/C36H36N6O5S/c1-25(38-36(45)47-24-26-7-3-2-4-8-26)33(43)39-28-12-10-27(11-13-28)32-34(44)42(23-30-9-5-6-18-37-30)35(48-32)40-29-14-16-31(17-15-29)41-19-21-46-22-20-41/h2-18,25,32H,19-24H2,1H3,(H,38,45)(H,39,43)/t25-,32?/m0/s1.